The number of para-hydroxylation sites is 1. The highest BCUT2D eigenvalue weighted by molar-refractivity contribution is 5.55. The number of piperidine rings is 1. The van der Waals surface area contributed by atoms with E-state index < -0.39 is 0 Å². The Hall–Kier alpha value is -1.13. The summed E-state index contributed by atoms with van der Waals surface area (Å²) < 4.78 is 20.0. The zero-order chi connectivity index (χ0) is 15.1. The van der Waals surface area contributed by atoms with Gasteiger partial charge in [0, 0.05) is 26.2 Å². The second-order valence-electron chi connectivity index (χ2n) is 5.57. The van der Waals surface area contributed by atoms with Crippen LogP contribution in [0, 0.1) is 5.82 Å². The second kappa shape index (κ2) is 8.35. The lowest BCUT2D eigenvalue weighted by Crippen LogP contribution is -2.38. The zero-order valence-corrected chi connectivity index (χ0v) is 13.2. The summed E-state index contributed by atoms with van der Waals surface area (Å²) in [4.78, 5) is 2.17. The van der Waals surface area contributed by atoms with Gasteiger partial charge in [0.1, 0.15) is 5.82 Å². The maximum Gasteiger partial charge on any atom is 0.146 e. The van der Waals surface area contributed by atoms with Gasteiger partial charge >= 0.3 is 0 Å². The fourth-order valence-corrected chi connectivity index (χ4v) is 2.94. The minimum Gasteiger partial charge on any atom is -0.378 e. The Morgan fingerprint density at radius 3 is 2.71 bits per heavy atom. The number of nitrogens with one attached hydrogen (secondary N) is 1. The van der Waals surface area contributed by atoms with Crippen LogP contribution in [-0.2, 0) is 11.3 Å². The van der Waals surface area contributed by atoms with Crippen LogP contribution in [0.15, 0.2) is 18.2 Å². The van der Waals surface area contributed by atoms with E-state index in [2.05, 4.69) is 17.1 Å². The van der Waals surface area contributed by atoms with Gasteiger partial charge in [0.15, 0.2) is 0 Å². The van der Waals surface area contributed by atoms with E-state index in [9.17, 15) is 4.39 Å². The number of hydrogen-bond acceptors (Lipinski definition) is 3. The highest BCUT2D eigenvalue weighted by Crippen LogP contribution is 2.28. The van der Waals surface area contributed by atoms with Crippen molar-refractivity contribution in [3.63, 3.8) is 0 Å². The number of halogens is 1. The molecule has 0 amide bonds. The Labute approximate surface area is 127 Å². The molecule has 3 nitrogen and oxygen atoms in total. The van der Waals surface area contributed by atoms with E-state index in [1.807, 2.05) is 13.0 Å². The summed E-state index contributed by atoms with van der Waals surface area (Å²) in [6, 6.07) is 5.39. The van der Waals surface area contributed by atoms with Crippen molar-refractivity contribution in [3.05, 3.63) is 29.6 Å². The van der Waals surface area contributed by atoms with Gasteiger partial charge < -0.3 is 15.0 Å². The quantitative estimate of drug-likeness (QED) is 0.781. The van der Waals surface area contributed by atoms with E-state index in [1.54, 1.807) is 12.1 Å². The SMILES string of the molecule is CCCNCc1cccc(F)c1N1CCC(OCC)CC1. The van der Waals surface area contributed by atoms with Crippen LogP contribution in [0.4, 0.5) is 10.1 Å². The van der Waals surface area contributed by atoms with E-state index >= 15 is 0 Å². The van der Waals surface area contributed by atoms with Crippen molar-refractivity contribution in [2.75, 3.05) is 31.1 Å². The Kier molecular flexibility index (Phi) is 6.46. The summed E-state index contributed by atoms with van der Waals surface area (Å²) in [5.74, 6) is -0.111. The number of anilines is 1. The Balaban J connectivity index is 2.04. The lowest BCUT2D eigenvalue weighted by atomic mass is 10.0. The van der Waals surface area contributed by atoms with Crippen LogP contribution < -0.4 is 10.2 Å². The van der Waals surface area contributed by atoms with Gasteiger partial charge in [-0.15, -0.1) is 0 Å². The molecule has 0 saturated carbocycles. The highest BCUT2D eigenvalue weighted by Gasteiger charge is 2.23. The van der Waals surface area contributed by atoms with Crippen LogP contribution in [0.25, 0.3) is 0 Å². The average Bonchev–Trinajstić information content (AvgIpc) is 2.49. The van der Waals surface area contributed by atoms with Crippen molar-refractivity contribution in [1.29, 1.82) is 0 Å². The molecule has 0 atom stereocenters. The summed E-state index contributed by atoms with van der Waals surface area (Å²) in [7, 11) is 0. The molecular formula is C17H27FN2O. The lowest BCUT2D eigenvalue weighted by Gasteiger charge is -2.34. The monoisotopic (exact) mass is 294 g/mol. The third-order valence-electron chi connectivity index (χ3n) is 3.97. The summed E-state index contributed by atoms with van der Waals surface area (Å²) in [5, 5.41) is 3.37. The molecule has 1 N–H and O–H groups in total. The molecule has 118 valence electrons. The predicted octanol–water partition coefficient (Wildman–Crippen LogP) is 3.33. The first kappa shape index (κ1) is 16.2. The molecule has 1 heterocycles. The number of nitrogens with zero attached hydrogens (tertiary/aromatic N) is 1. The minimum atomic E-state index is -0.111. The van der Waals surface area contributed by atoms with Crippen LogP contribution in [-0.4, -0.2) is 32.3 Å². The fourth-order valence-electron chi connectivity index (χ4n) is 2.94. The van der Waals surface area contributed by atoms with Crippen molar-refractivity contribution in [3.8, 4) is 0 Å². The molecule has 0 spiro atoms. The third-order valence-corrected chi connectivity index (χ3v) is 3.97. The van der Waals surface area contributed by atoms with Crippen molar-refractivity contribution >= 4 is 5.69 Å². The molecule has 1 aliphatic rings. The van der Waals surface area contributed by atoms with E-state index in [0.717, 1.165) is 63.3 Å². The molecule has 1 aromatic carbocycles. The number of rotatable bonds is 7. The normalized spacial score (nSPS) is 16.4. The molecule has 4 heteroatoms. The van der Waals surface area contributed by atoms with Crippen molar-refractivity contribution in [2.45, 2.75) is 45.8 Å². The summed E-state index contributed by atoms with van der Waals surface area (Å²) in [6.45, 7) is 8.35. The van der Waals surface area contributed by atoms with Gasteiger partial charge in [-0.05, 0) is 44.4 Å². The van der Waals surface area contributed by atoms with Gasteiger partial charge in [-0.2, -0.15) is 0 Å². The topological polar surface area (TPSA) is 24.5 Å². The molecule has 2 rings (SSSR count). The molecule has 1 aromatic rings. The Morgan fingerprint density at radius 1 is 1.29 bits per heavy atom. The molecule has 0 bridgehead atoms. The van der Waals surface area contributed by atoms with E-state index in [-0.39, 0.29) is 5.82 Å². The van der Waals surface area contributed by atoms with Gasteiger partial charge in [-0.3, -0.25) is 0 Å². The number of ether oxygens (including phenoxy) is 1. The second-order valence-corrected chi connectivity index (χ2v) is 5.57. The van der Waals surface area contributed by atoms with E-state index in [0.29, 0.717) is 6.10 Å². The van der Waals surface area contributed by atoms with Crippen LogP contribution in [0.2, 0.25) is 0 Å². The largest absolute Gasteiger partial charge is 0.378 e. The maximum absolute atomic E-state index is 14.3. The molecule has 0 radical (unpaired) electrons. The van der Waals surface area contributed by atoms with Gasteiger partial charge in [0.05, 0.1) is 11.8 Å². The average molecular weight is 294 g/mol. The molecule has 0 aromatic heterocycles. The molecule has 1 aliphatic heterocycles. The van der Waals surface area contributed by atoms with Crippen LogP contribution in [0.5, 0.6) is 0 Å². The zero-order valence-electron chi connectivity index (χ0n) is 13.2. The highest BCUT2D eigenvalue weighted by atomic mass is 19.1. The van der Waals surface area contributed by atoms with Crippen LogP contribution >= 0.6 is 0 Å². The van der Waals surface area contributed by atoms with Crippen LogP contribution in [0.3, 0.4) is 0 Å². The van der Waals surface area contributed by atoms with Crippen molar-refractivity contribution in [2.24, 2.45) is 0 Å². The number of hydrogen-bond donors (Lipinski definition) is 1. The first-order chi connectivity index (χ1) is 10.3. The Bertz CT molecular complexity index is 431. The van der Waals surface area contributed by atoms with Crippen molar-refractivity contribution < 1.29 is 9.13 Å². The molecule has 0 aliphatic carbocycles. The molecule has 21 heavy (non-hydrogen) atoms. The minimum absolute atomic E-state index is 0.111. The molecular weight excluding hydrogens is 267 g/mol. The van der Waals surface area contributed by atoms with Gasteiger partial charge in [-0.1, -0.05) is 19.1 Å². The predicted molar refractivity (Wildman–Crippen MR) is 85.3 cm³/mol. The number of benzene rings is 1. The maximum atomic E-state index is 14.3. The van der Waals surface area contributed by atoms with Crippen molar-refractivity contribution in [1.82, 2.24) is 5.32 Å². The summed E-state index contributed by atoms with van der Waals surface area (Å²) in [5.41, 5.74) is 1.83. The van der Waals surface area contributed by atoms with Gasteiger partial charge in [0.25, 0.3) is 0 Å². The third kappa shape index (κ3) is 4.42. The first-order valence-corrected chi connectivity index (χ1v) is 8.10. The van der Waals surface area contributed by atoms with Crippen LogP contribution in [0.1, 0.15) is 38.7 Å². The summed E-state index contributed by atoms with van der Waals surface area (Å²) in [6.07, 6.45) is 3.37. The molecule has 1 saturated heterocycles. The van der Waals surface area contributed by atoms with E-state index in [1.165, 1.54) is 0 Å². The van der Waals surface area contributed by atoms with Gasteiger partial charge in [-0.25, -0.2) is 4.39 Å². The standard InChI is InChI=1S/C17H27FN2O/c1-3-10-19-13-14-6-5-7-16(18)17(14)20-11-8-15(9-12-20)21-4-2/h5-7,15,19H,3-4,8-13H2,1-2H3. The lowest BCUT2D eigenvalue weighted by molar-refractivity contribution is 0.0458. The summed E-state index contributed by atoms with van der Waals surface area (Å²) >= 11 is 0. The molecule has 0 unspecified atom stereocenters. The first-order valence-electron chi connectivity index (χ1n) is 8.10. The fraction of sp³-hybridized carbons (Fsp3) is 0.647. The molecule has 1 fully saturated rings. The smallest absolute Gasteiger partial charge is 0.146 e. The van der Waals surface area contributed by atoms with E-state index in [4.69, 9.17) is 4.74 Å². The Morgan fingerprint density at radius 2 is 2.05 bits per heavy atom. The van der Waals surface area contributed by atoms with Gasteiger partial charge in [0.2, 0.25) is 0 Å².